The molecule has 1 heterocycles. The van der Waals surface area contributed by atoms with Crippen LogP contribution in [0.4, 0.5) is 4.79 Å². The molecular formula is C19H28N4O2. The van der Waals surface area contributed by atoms with Crippen LogP contribution in [-0.2, 0) is 13.0 Å². The first-order chi connectivity index (χ1) is 12.1. The zero-order valence-electron chi connectivity index (χ0n) is 14.9. The van der Waals surface area contributed by atoms with Gasteiger partial charge in [0, 0.05) is 26.1 Å². The Morgan fingerprint density at radius 1 is 1.24 bits per heavy atom. The molecule has 6 nitrogen and oxygen atoms in total. The highest BCUT2D eigenvalue weighted by atomic mass is 16.3. The summed E-state index contributed by atoms with van der Waals surface area (Å²) in [5.74, 6) is 0.981. The molecule has 0 unspecified atom stereocenters. The Bertz CT molecular complexity index is 719. The average Bonchev–Trinajstić information content (AvgIpc) is 2.98. The van der Waals surface area contributed by atoms with Gasteiger partial charge in [0.05, 0.1) is 16.6 Å². The number of nitrogens with zero attached hydrogens (tertiary/aromatic N) is 2. The third kappa shape index (κ3) is 4.31. The van der Waals surface area contributed by atoms with Crippen LogP contribution in [-0.4, -0.2) is 39.4 Å². The number of rotatable bonds is 6. The lowest BCUT2D eigenvalue weighted by molar-refractivity contribution is 0.00720. The van der Waals surface area contributed by atoms with E-state index in [-0.39, 0.29) is 6.03 Å². The fraction of sp³-hybridized carbons (Fsp3) is 0.579. The molecule has 0 bridgehead atoms. The van der Waals surface area contributed by atoms with E-state index in [0.717, 1.165) is 49.1 Å². The first kappa shape index (κ1) is 17.7. The molecule has 1 aliphatic rings. The van der Waals surface area contributed by atoms with E-state index in [2.05, 4.69) is 33.2 Å². The van der Waals surface area contributed by atoms with Crippen molar-refractivity contribution in [2.75, 3.05) is 13.1 Å². The van der Waals surface area contributed by atoms with Crippen LogP contribution in [0, 0.1) is 0 Å². The van der Waals surface area contributed by atoms with E-state index in [1.54, 1.807) is 0 Å². The second-order valence-corrected chi connectivity index (χ2v) is 6.91. The summed E-state index contributed by atoms with van der Waals surface area (Å²) in [6.45, 7) is 3.80. The van der Waals surface area contributed by atoms with E-state index >= 15 is 0 Å². The van der Waals surface area contributed by atoms with Gasteiger partial charge in [0.15, 0.2) is 0 Å². The van der Waals surface area contributed by atoms with E-state index in [1.165, 1.54) is 6.42 Å². The summed E-state index contributed by atoms with van der Waals surface area (Å²) in [7, 11) is 0. The number of fused-ring (bicyclic) bond motifs is 1. The monoisotopic (exact) mass is 344 g/mol. The zero-order valence-corrected chi connectivity index (χ0v) is 14.9. The Kier molecular flexibility index (Phi) is 5.58. The maximum Gasteiger partial charge on any atom is 0.314 e. The van der Waals surface area contributed by atoms with E-state index in [1.807, 2.05) is 18.2 Å². The Labute approximate surface area is 148 Å². The fourth-order valence-electron chi connectivity index (χ4n) is 3.65. The number of benzene rings is 1. The minimum Gasteiger partial charge on any atom is -0.388 e. The van der Waals surface area contributed by atoms with Gasteiger partial charge < -0.3 is 20.3 Å². The number of urea groups is 1. The van der Waals surface area contributed by atoms with Crippen LogP contribution in [0.25, 0.3) is 11.0 Å². The second kappa shape index (κ2) is 7.87. The van der Waals surface area contributed by atoms with E-state index in [0.29, 0.717) is 19.5 Å². The molecule has 1 fully saturated rings. The van der Waals surface area contributed by atoms with Crippen LogP contribution in [0.1, 0.15) is 44.9 Å². The van der Waals surface area contributed by atoms with Crippen molar-refractivity contribution >= 4 is 17.1 Å². The maximum atomic E-state index is 12.0. The number of aryl methyl sites for hydroxylation is 1. The molecule has 3 N–H and O–H groups in total. The fourth-order valence-corrected chi connectivity index (χ4v) is 3.65. The molecule has 6 heteroatoms. The molecular weight excluding hydrogens is 316 g/mol. The predicted octanol–water partition coefficient (Wildman–Crippen LogP) is 2.59. The molecule has 25 heavy (non-hydrogen) atoms. The van der Waals surface area contributed by atoms with Gasteiger partial charge in [-0.25, -0.2) is 9.78 Å². The minimum atomic E-state index is -0.730. The van der Waals surface area contributed by atoms with Gasteiger partial charge in [-0.2, -0.15) is 0 Å². The highest BCUT2D eigenvalue weighted by molar-refractivity contribution is 5.76. The molecule has 136 valence electrons. The summed E-state index contributed by atoms with van der Waals surface area (Å²) in [6.07, 6.45) is 5.47. The Morgan fingerprint density at radius 2 is 2.00 bits per heavy atom. The number of aromatic nitrogens is 2. The molecule has 3 rings (SSSR count). The first-order valence-electron chi connectivity index (χ1n) is 9.29. The summed E-state index contributed by atoms with van der Waals surface area (Å²) in [5, 5.41) is 16.1. The maximum absolute atomic E-state index is 12.0. The van der Waals surface area contributed by atoms with Crippen LogP contribution in [0.15, 0.2) is 24.3 Å². The van der Waals surface area contributed by atoms with Crippen molar-refractivity contribution in [2.45, 2.75) is 57.6 Å². The van der Waals surface area contributed by atoms with Crippen molar-refractivity contribution in [1.82, 2.24) is 20.2 Å². The smallest absolute Gasteiger partial charge is 0.314 e. The predicted molar refractivity (Wildman–Crippen MR) is 98.5 cm³/mol. The molecule has 0 aliphatic heterocycles. The molecule has 1 aromatic heterocycles. The number of aliphatic hydroxyl groups is 1. The van der Waals surface area contributed by atoms with Gasteiger partial charge in [-0.3, -0.25) is 0 Å². The SMILES string of the molecule is CCn1c(CCNC(=O)NCC2(O)CCCCC2)nc2ccccc21. The van der Waals surface area contributed by atoms with Crippen LogP contribution >= 0.6 is 0 Å². The van der Waals surface area contributed by atoms with Crippen LogP contribution in [0.3, 0.4) is 0 Å². The van der Waals surface area contributed by atoms with Gasteiger partial charge >= 0.3 is 6.03 Å². The van der Waals surface area contributed by atoms with Crippen molar-refractivity contribution < 1.29 is 9.90 Å². The van der Waals surface area contributed by atoms with Gasteiger partial charge in [-0.1, -0.05) is 31.4 Å². The van der Waals surface area contributed by atoms with Crippen molar-refractivity contribution in [3.05, 3.63) is 30.1 Å². The normalized spacial score (nSPS) is 16.7. The van der Waals surface area contributed by atoms with E-state index in [9.17, 15) is 9.90 Å². The Balaban J connectivity index is 1.48. The summed E-state index contributed by atoms with van der Waals surface area (Å²) in [6, 6.07) is 7.86. The summed E-state index contributed by atoms with van der Waals surface area (Å²) in [5.41, 5.74) is 1.39. The molecule has 1 saturated carbocycles. The highest BCUT2D eigenvalue weighted by Crippen LogP contribution is 2.27. The molecule has 2 amide bonds. The second-order valence-electron chi connectivity index (χ2n) is 6.91. The largest absolute Gasteiger partial charge is 0.388 e. The Morgan fingerprint density at radius 3 is 2.76 bits per heavy atom. The zero-order chi connectivity index (χ0) is 17.7. The van der Waals surface area contributed by atoms with Crippen LogP contribution in [0.5, 0.6) is 0 Å². The van der Waals surface area contributed by atoms with Gasteiger partial charge in [0.2, 0.25) is 0 Å². The quantitative estimate of drug-likeness (QED) is 0.753. The van der Waals surface area contributed by atoms with Crippen molar-refractivity contribution in [2.24, 2.45) is 0 Å². The number of amides is 2. The molecule has 1 aliphatic carbocycles. The van der Waals surface area contributed by atoms with E-state index in [4.69, 9.17) is 0 Å². The first-order valence-corrected chi connectivity index (χ1v) is 9.29. The molecule has 0 radical (unpaired) electrons. The van der Waals surface area contributed by atoms with Crippen LogP contribution < -0.4 is 10.6 Å². The van der Waals surface area contributed by atoms with Gasteiger partial charge in [0.25, 0.3) is 0 Å². The third-order valence-electron chi connectivity index (χ3n) is 5.05. The number of carbonyl (C=O) groups is 1. The summed E-state index contributed by atoms with van der Waals surface area (Å²) < 4.78 is 2.18. The topological polar surface area (TPSA) is 79.2 Å². The molecule has 0 spiro atoms. The lowest BCUT2D eigenvalue weighted by Gasteiger charge is -2.32. The number of para-hydroxylation sites is 2. The van der Waals surface area contributed by atoms with Gasteiger partial charge in [0.1, 0.15) is 5.82 Å². The highest BCUT2D eigenvalue weighted by Gasteiger charge is 2.29. The van der Waals surface area contributed by atoms with Crippen molar-refractivity contribution in [1.29, 1.82) is 0 Å². The standard InChI is InChI=1S/C19H28N4O2/c1-2-23-16-9-5-4-8-15(16)22-17(23)10-13-20-18(24)21-14-19(25)11-6-3-7-12-19/h4-5,8-9,25H,2-3,6-7,10-14H2,1H3,(H2,20,21,24). The van der Waals surface area contributed by atoms with Gasteiger partial charge in [-0.15, -0.1) is 0 Å². The molecule has 1 aromatic carbocycles. The molecule has 0 saturated heterocycles. The minimum absolute atomic E-state index is 0.224. The number of carbonyl (C=O) groups excluding carboxylic acids is 1. The van der Waals surface area contributed by atoms with Crippen molar-refractivity contribution in [3.63, 3.8) is 0 Å². The number of hydrogen-bond donors (Lipinski definition) is 3. The molecule has 0 atom stereocenters. The Hall–Kier alpha value is -2.08. The van der Waals surface area contributed by atoms with Crippen LogP contribution in [0.2, 0.25) is 0 Å². The number of hydrogen-bond acceptors (Lipinski definition) is 3. The molecule has 2 aromatic rings. The number of imidazole rings is 1. The lowest BCUT2D eigenvalue weighted by Crippen LogP contribution is -2.47. The third-order valence-corrected chi connectivity index (χ3v) is 5.05. The average molecular weight is 344 g/mol. The summed E-state index contributed by atoms with van der Waals surface area (Å²) in [4.78, 5) is 16.6. The lowest BCUT2D eigenvalue weighted by atomic mass is 9.85. The van der Waals surface area contributed by atoms with Crippen molar-refractivity contribution in [3.8, 4) is 0 Å². The van der Waals surface area contributed by atoms with Gasteiger partial charge in [-0.05, 0) is 31.9 Å². The summed E-state index contributed by atoms with van der Waals surface area (Å²) >= 11 is 0. The number of nitrogens with one attached hydrogen (secondary N) is 2. The van der Waals surface area contributed by atoms with E-state index < -0.39 is 5.60 Å².